The van der Waals surface area contributed by atoms with E-state index in [2.05, 4.69) is 86.2 Å². The van der Waals surface area contributed by atoms with Crippen LogP contribution in [-0.2, 0) is 35.3 Å². The molecule has 0 aromatic heterocycles. The summed E-state index contributed by atoms with van der Waals surface area (Å²) in [4.78, 5) is 35.0. The Morgan fingerprint density at radius 3 is 1.29 bits per heavy atom. The molecule has 0 radical (unpaired) electrons. The summed E-state index contributed by atoms with van der Waals surface area (Å²) in [7, 11) is 4.26. The molecule has 3 rings (SSSR count). The maximum atomic E-state index is 15.1. The fraction of sp³-hybridized carbons (Fsp3) is 0.805. The summed E-state index contributed by atoms with van der Waals surface area (Å²) in [5.41, 5.74) is -1.46. The standard InChI is InChI=1S/C41H70N2O5/c1-18-19-20-41(33(45)47-28-23-37(8,9)42(16)38(10,11)24-28,34(46)48-29-25-39(12,13)43(17)40(14,15)26-29)27-21-30(35(2,3)4)32(44)31(22-27)36(5,6)7/h21-22,28-29,44H,18-20,23-26H2,1-17H3. The first kappa shape index (κ1) is 40.3. The molecule has 2 aliphatic rings. The average Bonchev–Trinajstić information content (AvgIpc) is 2.89. The van der Waals surface area contributed by atoms with Crippen LogP contribution in [0.5, 0.6) is 5.75 Å². The monoisotopic (exact) mass is 671 g/mol. The Hall–Kier alpha value is -2.12. The molecular formula is C41H70N2O5. The largest absolute Gasteiger partial charge is 0.507 e. The highest BCUT2D eigenvalue weighted by molar-refractivity contribution is 6.06. The van der Waals surface area contributed by atoms with E-state index in [4.69, 9.17) is 9.47 Å². The van der Waals surface area contributed by atoms with E-state index in [1.165, 1.54) is 0 Å². The lowest BCUT2D eigenvalue weighted by molar-refractivity contribution is -0.181. The number of likely N-dealkylation sites (tertiary alicyclic amines) is 2. The van der Waals surface area contributed by atoms with Crippen molar-refractivity contribution in [1.29, 1.82) is 0 Å². The number of carbonyl (C=O) groups is 2. The quantitative estimate of drug-likeness (QED) is 0.219. The van der Waals surface area contributed by atoms with Crippen molar-refractivity contribution in [2.45, 2.75) is 199 Å². The Morgan fingerprint density at radius 1 is 0.708 bits per heavy atom. The summed E-state index contributed by atoms with van der Waals surface area (Å²) in [6, 6.07) is 3.77. The van der Waals surface area contributed by atoms with Gasteiger partial charge >= 0.3 is 11.9 Å². The molecule has 2 saturated heterocycles. The van der Waals surface area contributed by atoms with E-state index in [9.17, 15) is 5.11 Å². The summed E-state index contributed by atoms with van der Waals surface area (Å²) < 4.78 is 13.2. The zero-order chi connectivity index (χ0) is 37.1. The first-order chi connectivity index (χ1) is 21.5. The van der Waals surface area contributed by atoms with Crippen LogP contribution in [0.15, 0.2) is 12.1 Å². The molecule has 2 aliphatic heterocycles. The van der Waals surface area contributed by atoms with Gasteiger partial charge in [0.15, 0.2) is 5.41 Å². The number of hydrogen-bond donors (Lipinski definition) is 1. The van der Waals surface area contributed by atoms with Gasteiger partial charge in [-0.25, -0.2) is 0 Å². The Bertz CT molecular complexity index is 1220. The van der Waals surface area contributed by atoms with Crippen LogP contribution >= 0.6 is 0 Å². The zero-order valence-corrected chi connectivity index (χ0v) is 33.7. The van der Waals surface area contributed by atoms with E-state index in [0.717, 1.165) is 6.42 Å². The molecule has 274 valence electrons. The second-order valence-corrected chi connectivity index (χ2v) is 19.7. The first-order valence-corrected chi connectivity index (χ1v) is 18.3. The predicted octanol–water partition coefficient (Wildman–Crippen LogP) is 8.80. The van der Waals surface area contributed by atoms with Crippen LogP contribution in [0.2, 0.25) is 0 Å². The van der Waals surface area contributed by atoms with Crippen molar-refractivity contribution < 1.29 is 24.2 Å². The number of nitrogens with zero attached hydrogens (tertiary/aromatic N) is 2. The molecule has 48 heavy (non-hydrogen) atoms. The van der Waals surface area contributed by atoms with Crippen LogP contribution in [0.3, 0.4) is 0 Å². The number of esters is 2. The van der Waals surface area contributed by atoms with Crippen molar-refractivity contribution >= 4 is 11.9 Å². The third kappa shape index (κ3) is 7.93. The molecule has 1 aromatic carbocycles. The molecule has 7 nitrogen and oxygen atoms in total. The number of unbranched alkanes of at least 4 members (excludes halogenated alkanes) is 1. The summed E-state index contributed by atoms with van der Waals surface area (Å²) >= 11 is 0. The van der Waals surface area contributed by atoms with Gasteiger partial charge in [-0.1, -0.05) is 61.3 Å². The van der Waals surface area contributed by atoms with Crippen LogP contribution in [0.1, 0.15) is 165 Å². The number of aromatic hydroxyl groups is 1. The Labute approximate surface area is 293 Å². The van der Waals surface area contributed by atoms with Crippen LogP contribution in [0.25, 0.3) is 0 Å². The van der Waals surface area contributed by atoms with E-state index < -0.39 is 28.2 Å². The van der Waals surface area contributed by atoms with Gasteiger partial charge in [0, 0.05) is 47.8 Å². The minimum absolute atomic E-state index is 0.206. The molecule has 7 heteroatoms. The number of rotatable bonds is 8. The van der Waals surface area contributed by atoms with Gasteiger partial charge in [-0.05, 0) is 116 Å². The SMILES string of the molecule is CCCCC(C(=O)OC1CC(C)(C)N(C)C(C)(C)C1)(C(=O)OC1CC(C)(C)N(C)C(C)(C)C1)c1cc(C(C)(C)C)c(O)c(C(C)(C)C)c1. The lowest BCUT2D eigenvalue weighted by Crippen LogP contribution is -2.61. The molecule has 0 unspecified atom stereocenters. The van der Waals surface area contributed by atoms with Crippen molar-refractivity contribution in [3.05, 3.63) is 28.8 Å². The Balaban J connectivity index is 2.29. The highest BCUT2D eigenvalue weighted by Crippen LogP contribution is 2.47. The third-order valence-corrected chi connectivity index (χ3v) is 11.9. The minimum Gasteiger partial charge on any atom is -0.507 e. The second kappa shape index (κ2) is 13.2. The molecular weight excluding hydrogens is 600 g/mol. The van der Waals surface area contributed by atoms with Crippen LogP contribution in [0, 0.1) is 0 Å². The van der Waals surface area contributed by atoms with Gasteiger partial charge in [-0.2, -0.15) is 0 Å². The predicted molar refractivity (Wildman–Crippen MR) is 197 cm³/mol. The molecule has 1 aromatic rings. The topological polar surface area (TPSA) is 79.3 Å². The fourth-order valence-corrected chi connectivity index (χ4v) is 8.36. The number of phenols is 1. The van der Waals surface area contributed by atoms with Gasteiger partial charge < -0.3 is 14.6 Å². The van der Waals surface area contributed by atoms with Crippen molar-refractivity contribution in [3.63, 3.8) is 0 Å². The van der Waals surface area contributed by atoms with Crippen molar-refractivity contribution in [2.24, 2.45) is 0 Å². The Kier molecular flexibility index (Phi) is 11.1. The zero-order valence-electron chi connectivity index (χ0n) is 33.7. The molecule has 1 N–H and O–H groups in total. The average molecular weight is 671 g/mol. The second-order valence-electron chi connectivity index (χ2n) is 19.7. The van der Waals surface area contributed by atoms with Gasteiger partial charge in [-0.15, -0.1) is 0 Å². The molecule has 0 bridgehead atoms. The maximum absolute atomic E-state index is 15.1. The third-order valence-electron chi connectivity index (χ3n) is 11.9. The minimum atomic E-state index is -1.70. The number of hydrogen-bond acceptors (Lipinski definition) is 7. The van der Waals surface area contributed by atoms with Crippen LogP contribution < -0.4 is 0 Å². The smallest absolute Gasteiger partial charge is 0.328 e. The van der Waals surface area contributed by atoms with Gasteiger partial charge in [0.2, 0.25) is 0 Å². The maximum Gasteiger partial charge on any atom is 0.328 e. The van der Waals surface area contributed by atoms with Gasteiger partial charge in [0.05, 0.1) is 0 Å². The van der Waals surface area contributed by atoms with E-state index in [1.807, 2.05) is 53.7 Å². The summed E-state index contributed by atoms with van der Waals surface area (Å²) in [5, 5.41) is 11.7. The Morgan fingerprint density at radius 2 is 1.02 bits per heavy atom. The summed E-state index contributed by atoms with van der Waals surface area (Å²) in [5.74, 6) is -0.875. The van der Waals surface area contributed by atoms with Gasteiger partial charge in [0.25, 0.3) is 0 Å². The number of piperidine rings is 2. The van der Waals surface area contributed by atoms with E-state index in [1.54, 1.807) is 0 Å². The van der Waals surface area contributed by atoms with E-state index in [0.29, 0.717) is 48.8 Å². The van der Waals surface area contributed by atoms with Crippen molar-refractivity contribution in [2.75, 3.05) is 14.1 Å². The van der Waals surface area contributed by atoms with Crippen molar-refractivity contribution in [3.8, 4) is 5.75 Å². The van der Waals surface area contributed by atoms with Gasteiger partial charge in [-0.3, -0.25) is 19.4 Å². The van der Waals surface area contributed by atoms with E-state index in [-0.39, 0.29) is 46.5 Å². The fourth-order valence-electron chi connectivity index (χ4n) is 8.36. The molecule has 2 heterocycles. The molecule has 2 fully saturated rings. The molecule has 0 atom stereocenters. The molecule has 0 aliphatic carbocycles. The lowest BCUT2D eigenvalue weighted by Gasteiger charge is -2.53. The van der Waals surface area contributed by atoms with E-state index >= 15 is 9.59 Å². The number of ether oxygens (including phenoxy) is 2. The van der Waals surface area contributed by atoms with Crippen LogP contribution in [0.4, 0.5) is 0 Å². The normalized spacial score (nSPS) is 22.4. The van der Waals surface area contributed by atoms with Crippen LogP contribution in [-0.4, -0.2) is 75.3 Å². The molecule has 0 amide bonds. The molecule has 0 spiro atoms. The first-order valence-electron chi connectivity index (χ1n) is 18.3. The lowest BCUT2D eigenvalue weighted by atomic mass is 9.70. The molecule has 0 saturated carbocycles. The summed E-state index contributed by atoms with van der Waals surface area (Å²) in [6.45, 7) is 31.8. The van der Waals surface area contributed by atoms with Crippen molar-refractivity contribution in [1.82, 2.24) is 9.80 Å². The highest BCUT2D eigenvalue weighted by atomic mass is 16.6. The van der Waals surface area contributed by atoms with Gasteiger partial charge in [0.1, 0.15) is 18.0 Å². The highest BCUT2D eigenvalue weighted by Gasteiger charge is 2.55. The number of carbonyl (C=O) groups excluding carboxylic acids is 2. The number of benzene rings is 1. The summed E-state index contributed by atoms with van der Waals surface area (Å²) in [6.07, 6.45) is 3.59. The number of phenolic OH excluding ortho intramolecular Hbond substituents is 1.